The Hall–Kier alpha value is -3.13. The monoisotopic (exact) mass is 415 g/mol. The van der Waals surface area contributed by atoms with Gasteiger partial charge < -0.3 is 19.5 Å². The molecule has 2 aromatic carbocycles. The van der Waals surface area contributed by atoms with Gasteiger partial charge in [0, 0.05) is 10.1 Å². The average molecular weight is 415 g/mol. The molecule has 1 aliphatic rings. The van der Waals surface area contributed by atoms with Crippen LogP contribution in [-0.4, -0.2) is 37.7 Å². The lowest BCUT2D eigenvalue weighted by molar-refractivity contribution is -0.124. The van der Waals surface area contributed by atoms with Crippen LogP contribution in [0.1, 0.15) is 15.2 Å². The molecular weight excluding hydrogens is 397 g/mol. The van der Waals surface area contributed by atoms with Crippen LogP contribution in [0.25, 0.3) is 10.1 Å². The quantitative estimate of drug-likeness (QED) is 0.646. The van der Waals surface area contributed by atoms with Crippen LogP contribution in [0.5, 0.6) is 11.5 Å². The zero-order chi connectivity index (χ0) is 20.4. The van der Waals surface area contributed by atoms with Gasteiger partial charge in [-0.3, -0.25) is 4.79 Å². The second-order valence-electron chi connectivity index (χ2n) is 6.55. The average Bonchev–Trinajstić information content (AvgIpc) is 3.08. The van der Waals surface area contributed by atoms with Crippen LogP contribution in [0.3, 0.4) is 0 Å². The van der Waals surface area contributed by atoms with E-state index in [1.54, 1.807) is 25.1 Å². The van der Waals surface area contributed by atoms with Crippen molar-refractivity contribution in [2.45, 2.75) is 13.0 Å². The topological polar surface area (TPSA) is 73.9 Å². The van der Waals surface area contributed by atoms with Crippen molar-refractivity contribution in [2.24, 2.45) is 0 Å². The fourth-order valence-corrected chi connectivity index (χ4v) is 4.20. The maximum atomic E-state index is 14.0. The summed E-state index contributed by atoms with van der Waals surface area (Å²) in [6, 6.07) is 12.0. The summed E-state index contributed by atoms with van der Waals surface area (Å²) in [5.41, 5.74) is 0.514. The molecule has 150 valence electrons. The molecule has 2 heterocycles. The molecule has 8 heteroatoms. The predicted molar refractivity (Wildman–Crippen MR) is 106 cm³/mol. The summed E-state index contributed by atoms with van der Waals surface area (Å²) in [5.74, 6) is -0.199. The lowest BCUT2D eigenvalue weighted by Gasteiger charge is -2.26. The minimum atomic E-state index is -0.649. The fraction of sp³-hybridized carbons (Fsp3) is 0.238. The summed E-state index contributed by atoms with van der Waals surface area (Å²) in [6.07, 6.45) is -0.336. The van der Waals surface area contributed by atoms with Crippen LogP contribution in [0.4, 0.5) is 4.39 Å². The second kappa shape index (κ2) is 8.08. The van der Waals surface area contributed by atoms with Crippen molar-refractivity contribution in [1.29, 1.82) is 0 Å². The van der Waals surface area contributed by atoms with E-state index in [2.05, 4.69) is 5.32 Å². The van der Waals surface area contributed by atoms with Crippen molar-refractivity contribution in [3.05, 3.63) is 58.7 Å². The second-order valence-corrected chi connectivity index (χ2v) is 7.60. The van der Waals surface area contributed by atoms with E-state index in [4.69, 9.17) is 14.2 Å². The zero-order valence-electron chi connectivity index (χ0n) is 15.6. The Morgan fingerprint density at radius 2 is 2.00 bits per heavy atom. The summed E-state index contributed by atoms with van der Waals surface area (Å²) >= 11 is 1.14. The zero-order valence-corrected chi connectivity index (χ0v) is 16.4. The lowest BCUT2D eigenvalue weighted by Crippen LogP contribution is -2.42. The largest absolute Gasteiger partial charge is 0.486 e. The van der Waals surface area contributed by atoms with E-state index >= 15 is 0 Å². The molecule has 1 aromatic heterocycles. The van der Waals surface area contributed by atoms with Crippen LogP contribution in [0.15, 0.2) is 42.5 Å². The molecule has 6 nitrogen and oxygen atoms in total. The van der Waals surface area contributed by atoms with E-state index in [0.717, 1.165) is 11.3 Å². The number of ether oxygens (including phenoxy) is 3. The highest BCUT2D eigenvalue weighted by Gasteiger charge is 2.22. The number of carbonyl (C=O) groups excluding carboxylic acids is 2. The molecule has 0 fully saturated rings. The molecule has 0 unspecified atom stereocenters. The number of hydrogen-bond donors (Lipinski definition) is 1. The summed E-state index contributed by atoms with van der Waals surface area (Å²) in [5, 5.41) is 3.07. The number of hydrogen-bond acceptors (Lipinski definition) is 6. The number of nitrogens with one attached hydrogen (secondary N) is 1. The number of thiophene rings is 1. The normalized spacial score (nSPS) is 15.2. The molecule has 0 aliphatic carbocycles. The molecule has 0 saturated carbocycles. The smallest absolute Gasteiger partial charge is 0.349 e. The molecule has 0 bridgehead atoms. The van der Waals surface area contributed by atoms with Crippen molar-refractivity contribution in [2.75, 3.05) is 19.8 Å². The number of aryl methyl sites for hydroxylation is 1. The van der Waals surface area contributed by atoms with E-state index in [1.807, 2.05) is 18.2 Å². The maximum absolute atomic E-state index is 14.0. The van der Waals surface area contributed by atoms with Gasteiger partial charge >= 0.3 is 5.97 Å². The Kier molecular flexibility index (Phi) is 5.35. The molecule has 0 radical (unpaired) electrons. The van der Waals surface area contributed by atoms with Gasteiger partial charge in [-0.15, -0.1) is 11.3 Å². The van der Waals surface area contributed by atoms with Crippen LogP contribution in [0, 0.1) is 12.7 Å². The third kappa shape index (κ3) is 4.02. The molecule has 1 aliphatic heterocycles. The highest BCUT2D eigenvalue weighted by molar-refractivity contribution is 7.21. The third-order valence-corrected chi connectivity index (χ3v) is 5.75. The first kappa shape index (κ1) is 19.2. The standard InChI is InChI=1S/C21H18FNO5S/c1-12-19-14(22)5-4-8-17(19)29-20(12)21(25)27-11-18(24)23-9-13-10-26-15-6-2-3-7-16(15)28-13/h2-8,13H,9-11H2,1H3,(H,23,24)/t13-/m1/s1. The molecule has 3 aromatic rings. The first-order chi connectivity index (χ1) is 14.0. The van der Waals surface area contributed by atoms with Gasteiger partial charge in [0.05, 0.1) is 6.54 Å². The van der Waals surface area contributed by atoms with Gasteiger partial charge in [-0.25, -0.2) is 9.18 Å². The Morgan fingerprint density at radius 1 is 1.21 bits per heavy atom. The van der Waals surface area contributed by atoms with E-state index in [1.165, 1.54) is 6.07 Å². The summed E-state index contributed by atoms with van der Waals surface area (Å²) in [6.45, 7) is 1.76. The van der Waals surface area contributed by atoms with E-state index in [-0.39, 0.29) is 18.5 Å². The highest BCUT2D eigenvalue weighted by atomic mass is 32.1. The van der Waals surface area contributed by atoms with Gasteiger partial charge in [0.25, 0.3) is 5.91 Å². The molecule has 4 rings (SSSR count). The highest BCUT2D eigenvalue weighted by Crippen LogP contribution is 2.33. The van der Waals surface area contributed by atoms with Crippen molar-refractivity contribution in [3.8, 4) is 11.5 Å². The van der Waals surface area contributed by atoms with E-state index in [9.17, 15) is 14.0 Å². The minimum absolute atomic E-state index is 0.220. The first-order valence-electron chi connectivity index (χ1n) is 9.03. The van der Waals surface area contributed by atoms with E-state index < -0.39 is 18.5 Å². The van der Waals surface area contributed by atoms with Crippen LogP contribution in [0.2, 0.25) is 0 Å². The van der Waals surface area contributed by atoms with Crippen molar-refractivity contribution in [1.82, 2.24) is 5.32 Å². The molecule has 1 N–H and O–H groups in total. The van der Waals surface area contributed by atoms with Gasteiger partial charge in [0.15, 0.2) is 18.1 Å². The molecular formula is C21H18FNO5S. The minimum Gasteiger partial charge on any atom is -0.486 e. The molecule has 0 spiro atoms. The number of rotatable bonds is 5. The van der Waals surface area contributed by atoms with Gasteiger partial charge in [-0.2, -0.15) is 0 Å². The van der Waals surface area contributed by atoms with Crippen LogP contribution < -0.4 is 14.8 Å². The predicted octanol–water partition coefficient (Wildman–Crippen LogP) is 3.46. The molecule has 29 heavy (non-hydrogen) atoms. The lowest BCUT2D eigenvalue weighted by atomic mass is 10.1. The van der Waals surface area contributed by atoms with Gasteiger partial charge in [0.1, 0.15) is 23.4 Å². The van der Waals surface area contributed by atoms with Gasteiger partial charge in [-0.05, 0) is 36.8 Å². The Morgan fingerprint density at radius 3 is 2.79 bits per heavy atom. The third-order valence-electron chi connectivity index (χ3n) is 4.52. The van der Waals surface area contributed by atoms with Gasteiger partial charge in [-0.1, -0.05) is 18.2 Å². The molecule has 1 atom stereocenters. The number of esters is 1. The van der Waals surface area contributed by atoms with Gasteiger partial charge in [0.2, 0.25) is 0 Å². The first-order valence-corrected chi connectivity index (χ1v) is 9.84. The Labute approximate surface area is 170 Å². The van der Waals surface area contributed by atoms with Crippen molar-refractivity contribution >= 4 is 33.3 Å². The number of benzene rings is 2. The number of para-hydroxylation sites is 2. The number of carbonyl (C=O) groups is 2. The van der Waals surface area contributed by atoms with Crippen LogP contribution in [-0.2, 0) is 9.53 Å². The van der Waals surface area contributed by atoms with Crippen molar-refractivity contribution < 1.29 is 28.2 Å². The van der Waals surface area contributed by atoms with Crippen molar-refractivity contribution in [3.63, 3.8) is 0 Å². The molecule has 0 saturated heterocycles. The number of amides is 1. The summed E-state index contributed by atoms with van der Waals surface area (Å²) in [7, 11) is 0. The summed E-state index contributed by atoms with van der Waals surface area (Å²) < 4.78 is 31.1. The number of fused-ring (bicyclic) bond motifs is 2. The van der Waals surface area contributed by atoms with E-state index in [0.29, 0.717) is 38.6 Å². The summed E-state index contributed by atoms with van der Waals surface area (Å²) in [4.78, 5) is 24.7. The Balaban J connectivity index is 1.29. The maximum Gasteiger partial charge on any atom is 0.349 e. The fourth-order valence-electron chi connectivity index (χ4n) is 3.09. The molecule has 1 amide bonds. The van der Waals surface area contributed by atoms with Crippen LogP contribution >= 0.6 is 11.3 Å². The number of halogens is 1. The SMILES string of the molecule is Cc1c(C(=O)OCC(=O)NC[C@@H]2COc3ccccc3O2)sc2cccc(F)c12. The Bertz CT molecular complexity index is 1080.